The lowest BCUT2D eigenvalue weighted by molar-refractivity contribution is 0.0905. The molecule has 82 valence electrons. The van der Waals surface area contributed by atoms with Crippen LogP contribution in [0.3, 0.4) is 0 Å². The lowest BCUT2D eigenvalue weighted by Gasteiger charge is -2.09. The van der Waals surface area contributed by atoms with E-state index in [-0.39, 0.29) is 5.82 Å². The monoisotopic (exact) mass is 209 g/mol. The summed E-state index contributed by atoms with van der Waals surface area (Å²) in [5.74, 6) is 0.416. The normalized spacial score (nSPS) is 20.7. The van der Waals surface area contributed by atoms with Crippen LogP contribution in [0, 0.1) is 11.7 Å². The van der Waals surface area contributed by atoms with Crippen molar-refractivity contribution in [3.63, 3.8) is 0 Å². The van der Waals surface area contributed by atoms with Crippen molar-refractivity contribution in [2.75, 3.05) is 19.7 Å². The standard InChI is InChI=1S/C12H16FNO/c13-12-4-2-1-3-11(12)9-15-8-10-5-6-14-7-10/h1-4,10,14H,5-9H2/t10-/m0/s1. The highest BCUT2D eigenvalue weighted by atomic mass is 19.1. The Kier molecular flexibility index (Phi) is 3.69. The van der Waals surface area contributed by atoms with Crippen molar-refractivity contribution in [1.82, 2.24) is 5.32 Å². The molecule has 1 aliphatic rings. The molecule has 0 aliphatic carbocycles. The maximum atomic E-state index is 13.2. The van der Waals surface area contributed by atoms with Gasteiger partial charge in [0.05, 0.1) is 13.2 Å². The Bertz CT molecular complexity index is 310. The van der Waals surface area contributed by atoms with E-state index >= 15 is 0 Å². The molecule has 1 aliphatic heterocycles. The largest absolute Gasteiger partial charge is 0.376 e. The molecule has 0 bridgehead atoms. The van der Waals surface area contributed by atoms with Gasteiger partial charge in [-0.15, -0.1) is 0 Å². The summed E-state index contributed by atoms with van der Waals surface area (Å²) in [5.41, 5.74) is 0.642. The Morgan fingerprint density at radius 2 is 2.27 bits per heavy atom. The highest BCUT2D eigenvalue weighted by Gasteiger charge is 2.14. The molecular weight excluding hydrogens is 193 g/mol. The molecule has 1 heterocycles. The van der Waals surface area contributed by atoms with Crippen LogP contribution in [-0.2, 0) is 11.3 Å². The van der Waals surface area contributed by atoms with E-state index in [2.05, 4.69) is 5.32 Å². The molecule has 1 N–H and O–H groups in total. The summed E-state index contributed by atoms with van der Waals surface area (Å²) >= 11 is 0. The third kappa shape index (κ3) is 3.01. The molecule has 1 saturated heterocycles. The summed E-state index contributed by atoms with van der Waals surface area (Å²) in [7, 11) is 0. The van der Waals surface area contributed by atoms with Crippen LogP contribution in [0.15, 0.2) is 24.3 Å². The first-order chi connectivity index (χ1) is 7.36. The summed E-state index contributed by atoms with van der Waals surface area (Å²) in [4.78, 5) is 0. The van der Waals surface area contributed by atoms with E-state index in [1.54, 1.807) is 12.1 Å². The van der Waals surface area contributed by atoms with Crippen molar-refractivity contribution in [1.29, 1.82) is 0 Å². The van der Waals surface area contributed by atoms with Crippen molar-refractivity contribution >= 4 is 0 Å². The van der Waals surface area contributed by atoms with E-state index in [0.717, 1.165) is 26.1 Å². The first-order valence-electron chi connectivity index (χ1n) is 5.38. The highest BCUT2D eigenvalue weighted by Crippen LogP contribution is 2.11. The zero-order chi connectivity index (χ0) is 10.5. The second-order valence-corrected chi connectivity index (χ2v) is 3.97. The average molecular weight is 209 g/mol. The molecule has 0 amide bonds. The predicted molar refractivity (Wildman–Crippen MR) is 57.0 cm³/mol. The van der Waals surface area contributed by atoms with Crippen molar-refractivity contribution in [3.8, 4) is 0 Å². The number of hydrogen-bond donors (Lipinski definition) is 1. The number of hydrogen-bond acceptors (Lipinski definition) is 2. The van der Waals surface area contributed by atoms with Crippen LogP contribution >= 0.6 is 0 Å². The lowest BCUT2D eigenvalue weighted by Crippen LogP contribution is -2.13. The van der Waals surface area contributed by atoms with Gasteiger partial charge in [-0.25, -0.2) is 4.39 Å². The third-order valence-electron chi connectivity index (χ3n) is 2.73. The van der Waals surface area contributed by atoms with Gasteiger partial charge in [-0.2, -0.15) is 0 Å². The fraction of sp³-hybridized carbons (Fsp3) is 0.500. The molecule has 0 saturated carbocycles. The number of nitrogens with one attached hydrogen (secondary N) is 1. The van der Waals surface area contributed by atoms with Gasteiger partial charge in [-0.05, 0) is 24.9 Å². The molecule has 1 aromatic rings. The number of halogens is 1. The molecule has 15 heavy (non-hydrogen) atoms. The first kappa shape index (κ1) is 10.6. The topological polar surface area (TPSA) is 21.3 Å². The second-order valence-electron chi connectivity index (χ2n) is 3.97. The minimum Gasteiger partial charge on any atom is -0.376 e. The molecule has 2 rings (SSSR count). The smallest absolute Gasteiger partial charge is 0.128 e. The molecule has 3 heteroatoms. The van der Waals surface area contributed by atoms with Gasteiger partial charge in [0.25, 0.3) is 0 Å². The maximum Gasteiger partial charge on any atom is 0.128 e. The second kappa shape index (κ2) is 5.24. The summed E-state index contributed by atoms with van der Waals surface area (Å²) in [6, 6.07) is 6.76. The maximum absolute atomic E-state index is 13.2. The minimum absolute atomic E-state index is 0.179. The molecule has 0 aromatic heterocycles. The van der Waals surface area contributed by atoms with Gasteiger partial charge < -0.3 is 10.1 Å². The summed E-state index contributed by atoms with van der Waals surface area (Å²) in [6.07, 6.45) is 1.16. The van der Waals surface area contributed by atoms with Gasteiger partial charge in [-0.1, -0.05) is 18.2 Å². The molecule has 1 aromatic carbocycles. The van der Waals surface area contributed by atoms with Crippen LogP contribution in [0.4, 0.5) is 4.39 Å². The van der Waals surface area contributed by atoms with Gasteiger partial charge in [0, 0.05) is 12.1 Å². The van der Waals surface area contributed by atoms with Crippen LogP contribution in [0.2, 0.25) is 0 Å². The number of ether oxygens (including phenoxy) is 1. The molecule has 0 unspecified atom stereocenters. The Morgan fingerprint density at radius 1 is 1.40 bits per heavy atom. The Balaban J connectivity index is 1.75. The highest BCUT2D eigenvalue weighted by molar-refractivity contribution is 5.16. The molecule has 1 atom stereocenters. The first-order valence-corrected chi connectivity index (χ1v) is 5.38. The van der Waals surface area contributed by atoms with E-state index in [1.165, 1.54) is 6.07 Å². The summed E-state index contributed by atoms with van der Waals surface area (Å²) in [5, 5.41) is 3.28. The Hall–Kier alpha value is -0.930. The fourth-order valence-corrected chi connectivity index (χ4v) is 1.81. The van der Waals surface area contributed by atoms with Crippen molar-refractivity contribution < 1.29 is 9.13 Å². The van der Waals surface area contributed by atoms with Crippen molar-refractivity contribution in [2.24, 2.45) is 5.92 Å². The molecule has 0 radical (unpaired) electrons. The zero-order valence-corrected chi connectivity index (χ0v) is 8.71. The quantitative estimate of drug-likeness (QED) is 0.818. The summed E-state index contributed by atoms with van der Waals surface area (Å²) < 4.78 is 18.7. The van der Waals surface area contributed by atoms with Gasteiger partial charge in [-0.3, -0.25) is 0 Å². The average Bonchev–Trinajstić information content (AvgIpc) is 2.74. The van der Waals surface area contributed by atoms with Crippen LogP contribution < -0.4 is 5.32 Å². The van der Waals surface area contributed by atoms with E-state index in [0.29, 0.717) is 18.1 Å². The van der Waals surface area contributed by atoms with Crippen LogP contribution in [0.1, 0.15) is 12.0 Å². The molecule has 1 fully saturated rings. The Labute approximate surface area is 89.4 Å². The zero-order valence-electron chi connectivity index (χ0n) is 8.71. The van der Waals surface area contributed by atoms with Crippen LogP contribution in [-0.4, -0.2) is 19.7 Å². The van der Waals surface area contributed by atoms with E-state index in [9.17, 15) is 4.39 Å². The third-order valence-corrected chi connectivity index (χ3v) is 2.73. The van der Waals surface area contributed by atoms with Gasteiger partial charge in [0.1, 0.15) is 5.82 Å². The van der Waals surface area contributed by atoms with E-state index in [4.69, 9.17) is 4.74 Å². The number of benzene rings is 1. The van der Waals surface area contributed by atoms with E-state index in [1.807, 2.05) is 6.07 Å². The minimum atomic E-state index is -0.179. The summed E-state index contributed by atoms with van der Waals surface area (Å²) in [6.45, 7) is 3.20. The van der Waals surface area contributed by atoms with Gasteiger partial charge in [0.2, 0.25) is 0 Å². The molecule has 0 spiro atoms. The fourth-order valence-electron chi connectivity index (χ4n) is 1.81. The Morgan fingerprint density at radius 3 is 3.00 bits per heavy atom. The predicted octanol–water partition coefficient (Wildman–Crippen LogP) is 1.95. The lowest BCUT2D eigenvalue weighted by atomic mass is 10.1. The molecule has 2 nitrogen and oxygen atoms in total. The van der Waals surface area contributed by atoms with Gasteiger partial charge >= 0.3 is 0 Å². The van der Waals surface area contributed by atoms with E-state index < -0.39 is 0 Å². The number of rotatable bonds is 4. The SMILES string of the molecule is Fc1ccccc1COC[C@H]1CCNC1. The molecular formula is C12H16FNO. The van der Waals surface area contributed by atoms with Crippen molar-refractivity contribution in [3.05, 3.63) is 35.6 Å². The van der Waals surface area contributed by atoms with Crippen LogP contribution in [0.5, 0.6) is 0 Å². The van der Waals surface area contributed by atoms with Crippen LogP contribution in [0.25, 0.3) is 0 Å². The van der Waals surface area contributed by atoms with Crippen molar-refractivity contribution in [2.45, 2.75) is 13.0 Å². The van der Waals surface area contributed by atoms with Gasteiger partial charge in [0.15, 0.2) is 0 Å².